The molecule has 8 heteroatoms. The number of methoxy groups -OCH3 is 1. The van der Waals surface area contributed by atoms with Gasteiger partial charge in [-0.05, 0) is 19.3 Å². The zero-order chi connectivity index (χ0) is 15.8. The van der Waals surface area contributed by atoms with Crippen molar-refractivity contribution < 1.29 is 27.0 Å². The Bertz CT molecular complexity index is 395. The molecule has 1 atom stereocenters. The van der Waals surface area contributed by atoms with Crippen molar-refractivity contribution in [1.82, 2.24) is 0 Å². The molecular weight excluding hydrogens is 284 g/mol. The Kier molecular flexibility index (Phi) is 8.26. The summed E-state index contributed by atoms with van der Waals surface area (Å²) in [6, 6.07) is -0.574. The van der Waals surface area contributed by atoms with E-state index in [0.29, 0.717) is 23.9 Å². The van der Waals surface area contributed by atoms with Crippen LogP contribution in [0.3, 0.4) is 0 Å². The van der Waals surface area contributed by atoms with Gasteiger partial charge in [-0.3, -0.25) is 9.35 Å². The lowest BCUT2D eigenvalue weighted by molar-refractivity contribution is -0.890. The topological polar surface area (TPSA) is 107 Å². The van der Waals surface area contributed by atoms with E-state index >= 15 is 0 Å². The largest absolute Gasteiger partial charge is 0.468 e. The van der Waals surface area contributed by atoms with Crippen LogP contribution >= 0.6 is 0 Å². The summed E-state index contributed by atoms with van der Waals surface area (Å²) < 4.78 is 35.2. The molecule has 20 heavy (non-hydrogen) atoms. The highest BCUT2D eigenvalue weighted by atomic mass is 32.2. The fraction of sp³-hybridized carbons (Fsp3) is 0.917. The lowest BCUT2D eigenvalue weighted by Gasteiger charge is -2.29. The fourth-order valence-corrected chi connectivity index (χ4v) is 2.45. The number of hydrogen-bond donors (Lipinski definition) is 2. The van der Waals surface area contributed by atoms with Gasteiger partial charge in [0.2, 0.25) is 0 Å². The minimum atomic E-state index is -3.87. The van der Waals surface area contributed by atoms with Crippen molar-refractivity contribution in [3.8, 4) is 0 Å². The van der Waals surface area contributed by atoms with Crippen LogP contribution in [0.5, 0.6) is 0 Å². The molecule has 0 heterocycles. The van der Waals surface area contributed by atoms with Gasteiger partial charge in [-0.2, -0.15) is 8.42 Å². The maximum Gasteiger partial charge on any atom is 0.322 e. The van der Waals surface area contributed by atoms with E-state index in [0.717, 1.165) is 19.4 Å². The first kappa shape index (κ1) is 19.3. The van der Waals surface area contributed by atoms with Gasteiger partial charge in [0.1, 0.15) is 6.04 Å². The molecule has 0 fully saturated rings. The second kappa shape index (κ2) is 8.56. The predicted octanol–water partition coefficient (Wildman–Crippen LogP) is 0.0113. The molecule has 0 aromatic heterocycles. The van der Waals surface area contributed by atoms with Gasteiger partial charge in [0.25, 0.3) is 10.1 Å². The number of ether oxygens (including phenoxy) is 1. The Labute approximate surface area is 121 Å². The molecule has 3 N–H and O–H groups in total. The average molecular weight is 311 g/mol. The summed E-state index contributed by atoms with van der Waals surface area (Å²) in [5.74, 6) is -0.603. The predicted molar refractivity (Wildman–Crippen MR) is 76.7 cm³/mol. The molecule has 0 saturated carbocycles. The van der Waals surface area contributed by atoms with Crippen LogP contribution in [0.2, 0.25) is 0 Å². The second-order valence-electron chi connectivity index (χ2n) is 5.65. The van der Waals surface area contributed by atoms with Gasteiger partial charge in [0.05, 0.1) is 40.0 Å². The summed E-state index contributed by atoms with van der Waals surface area (Å²) in [6.45, 7) is 1.53. The monoisotopic (exact) mass is 311 g/mol. The molecule has 0 bridgehead atoms. The lowest BCUT2D eigenvalue weighted by atomic mass is 10.1. The number of carbonyl (C=O) groups is 1. The first-order chi connectivity index (χ1) is 9.07. The molecule has 0 radical (unpaired) electrons. The molecule has 1 unspecified atom stereocenters. The summed E-state index contributed by atoms with van der Waals surface area (Å²) >= 11 is 0. The van der Waals surface area contributed by atoms with Crippen LogP contribution in [0, 0.1) is 0 Å². The van der Waals surface area contributed by atoms with E-state index in [4.69, 9.17) is 10.3 Å². The van der Waals surface area contributed by atoms with Gasteiger partial charge in [0, 0.05) is 6.42 Å². The summed E-state index contributed by atoms with van der Waals surface area (Å²) in [6.07, 6.45) is 2.71. The Morgan fingerprint density at radius 2 is 1.80 bits per heavy atom. The van der Waals surface area contributed by atoms with Crippen molar-refractivity contribution in [3.63, 3.8) is 0 Å². The summed E-state index contributed by atoms with van der Waals surface area (Å²) in [5.41, 5.74) is 5.63. The number of esters is 1. The van der Waals surface area contributed by atoms with Crippen molar-refractivity contribution >= 4 is 16.1 Å². The van der Waals surface area contributed by atoms with Crippen molar-refractivity contribution in [2.45, 2.75) is 31.7 Å². The number of nitrogens with zero attached hydrogens (tertiary/aromatic N) is 1. The molecule has 0 rings (SSSR count). The highest BCUT2D eigenvalue weighted by Crippen LogP contribution is 2.07. The van der Waals surface area contributed by atoms with Crippen LogP contribution in [0.1, 0.15) is 25.7 Å². The molecule has 0 spiro atoms. The maximum absolute atomic E-state index is 11.1. The summed E-state index contributed by atoms with van der Waals surface area (Å²) in [5, 5.41) is 0. The number of unbranched alkanes of at least 4 members (excludes halogenated alkanes) is 1. The summed E-state index contributed by atoms with van der Waals surface area (Å²) in [4.78, 5) is 11.1. The highest BCUT2D eigenvalue weighted by Gasteiger charge is 2.17. The van der Waals surface area contributed by atoms with Crippen LogP contribution in [0.25, 0.3) is 0 Å². The van der Waals surface area contributed by atoms with Crippen molar-refractivity contribution in [1.29, 1.82) is 0 Å². The van der Waals surface area contributed by atoms with E-state index in [1.807, 2.05) is 14.1 Å². The van der Waals surface area contributed by atoms with Gasteiger partial charge >= 0.3 is 5.97 Å². The third kappa shape index (κ3) is 10.1. The molecule has 0 aliphatic rings. The third-order valence-electron chi connectivity index (χ3n) is 3.20. The Morgan fingerprint density at radius 3 is 2.30 bits per heavy atom. The maximum atomic E-state index is 11.1. The van der Waals surface area contributed by atoms with Crippen LogP contribution in [0.15, 0.2) is 0 Å². The molecule has 0 aromatic carbocycles. The Morgan fingerprint density at radius 1 is 1.25 bits per heavy atom. The Balaban J connectivity index is 3.85. The van der Waals surface area contributed by atoms with E-state index in [-0.39, 0.29) is 5.75 Å². The smallest absolute Gasteiger partial charge is 0.322 e. The fourth-order valence-electron chi connectivity index (χ4n) is 1.96. The summed E-state index contributed by atoms with van der Waals surface area (Å²) in [7, 11) is 1.45. The standard InChI is InChI=1S/C12H26N2O5S/c1-14(2,9-6-10-20(16,17)18)8-5-4-7-11(13)12(15)19-3/h11H,4-10,13H2,1-3H3/p+1. The number of quaternary nitrogens is 1. The molecule has 0 aliphatic carbocycles. The zero-order valence-electron chi connectivity index (χ0n) is 12.5. The van der Waals surface area contributed by atoms with Gasteiger partial charge in [-0.25, -0.2) is 0 Å². The molecule has 7 nitrogen and oxygen atoms in total. The number of rotatable bonds is 10. The SMILES string of the molecule is COC(=O)C(N)CCCC[N+](C)(C)CCCS(=O)(=O)O. The first-order valence-corrected chi connectivity index (χ1v) is 8.29. The van der Waals surface area contributed by atoms with E-state index in [2.05, 4.69) is 4.74 Å². The second-order valence-corrected chi connectivity index (χ2v) is 7.22. The van der Waals surface area contributed by atoms with Gasteiger partial charge in [0.15, 0.2) is 0 Å². The molecule has 0 amide bonds. The van der Waals surface area contributed by atoms with Crippen molar-refractivity contribution in [2.24, 2.45) is 5.73 Å². The first-order valence-electron chi connectivity index (χ1n) is 6.68. The van der Waals surface area contributed by atoms with E-state index in [1.54, 1.807) is 0 Å². The van der Waals surface area contributed by atoms with Crippen LogP contribution < -0.4 is 5.73 Å². The lowest BCUT2D eigenvalue weighted by Crippen LogP contribution is -2.42. The number of hydrogen-bond acceptors (Lipinski definition) is 5. The van der Waals surface area contributed by atoms with Gasteiger partial charge in [-0.15, -0.1) is 0 Å². The van der Waals surface area contributed by atoms with Gasteiger partial charge in [-0.1, -0.05) is 0 Å². The van der Waals surface area contributed by atoms with Crippen LogP contribution in [0.4, 0.5) is 0 Å². The Hall–Kier alpha value is -0.700. The minimum absolute atomic E-state index is 0.206. The average Bonchev–Trinajstić information content (AvgIpc) is 2.31. The van der Waals surface area contributed by atoms with Gasteiger partial charge < -0.3 is 15.0 Å². The van der Waals surface area contributed by atoms with E-state index in [9.17, 15) is 13.2 Å². The zero-order valence-corrected chi connectivity index (χ0v) is 13.4. The van der Waals surface area contributed by atoms with Crippen LogP contribution in [-0.2, 0) is 19.6 Å². The van der Waals surface area contributed by atoms with E-state index in [1.165, 1.54) is 7.11 Å². The third-order valence-corrected chi connectivity index (χ3v) is 4.00. The number of carbonyl (C=O) groups excluding carboxylic acids is 1. The molecule has 0 aromatic rings. The van der Waals surface area contributed by atoms with Crippen molar-refractivity contribution in [2.75, 3.05) is 40.0 Å². The highest BCUT2D eigenvalue weighted by molar-refractivity contribution is 7.85. The van der Waals surface area contributed by atoms with Crippen LogP contribution in [-0.4, -0.2) is 69.5 Å². The molecular formula is C12H27N2O5S+. The molecule has 0 aliphatic heterocycles. The minimum Gasteiger partial charge on any atom is -0.468 e. The quantitative estimate of drug-likeness (QED) is 0.255. The van der Waals surface area contributed by atoms with Crippen molar-refractivity contribution in [3.05, 3.63) is 0 Å². The molecule has 120 valence electrons. The molecule has 0 saturated heterocycles. The normalized spacial score (nSPS) is 14.1. The number of nitrogens with two attached hydrogens (primary N) is 1. The van der Waals surface area contributed by atoms with E-state index < -0.39 is 22.1 Å².